The lowest BCUT2D eigenvalue weighted by molar-refractivity contribution is -0.119. The number of hydrogen-bond acceptors (Lipinski definition) is 5. The first kappa shape index (κ1) is 15.1. The number of amides is 1. The third-order valence-electron chi connectivity index (χ3n) is 3.01. The fourth-order valence-corrected chi connectivity index (χ4v) is 1.92. The highest BCUT2D eigenvalue weighted by Crippen LogP contribution is 2.14. The van der Waals surface area contributed by atoms with Crippen molar-refractivity contribution < 1.29 is 9.53 Å². The normalized spacial score (nSPS) is 10.6. The topological polar surface area (TPSA) is 95.1 Å². The van der Waals surface area contributed by atoms with Gasteiger partial charge < -0.3 is 15.8 Å². The van der Waals surface area contributed by atoms with Crippen LogP contribution in [0.2, 0.25) is 0 Å². The van der Waals surface area contributed by atoms with Crippen molar-refractivity contribution in [1.29, 1.82) is 0 Å². The number of nitrogens with two attached hydrogens (primary N) is 1. The Labute approximate surface area is 123 Å². The third-order valence-corrected chi connectivity index (χ3v) is 3.01. The van der Waals surface area contributed by atoms with Gasteiger partial charge in [0.15, 0.2) is 0 Å². The number of ether oxygens (including phenoxy) is 1. The van der Waals surface area contributed by atoms with Gasteiger partial charge in [-0.25, -0.2) is 4.68 Å². The second-order valence-corrected chi connectivity index (χ2v) is 4.51. The number of nitrogens with one attached hydrogen (secondary N) is 1. The fourth-order valence-electron chi connectivity index (χ4n) is 1.92. The molecule has 0 spiro atoms. The summed E-state index contributed by atoms with van der Waals surface area (Å²) in [6.45, 7) is 0.926. The number of methoxy groups -OCH3 is 1. The summed E-state index contributed by atoms with van der Waals surface area (Å²) in [4.78, 5) is 11.1. The van der Waals surface area contributed by atoms with E-state index in [4.69, 9.17) is 10.5 Å². The summed E-state index contributed by atoms with van der Waals surface area (Å²) in [6.07, 6.45) is 2.59. The summed E-state index contributed by atoms with van der Waals surface area (Å²) >= 11 is 0. The number of rotatable bonds is 7. The Balaban J connectivity index is 2.12. The van der Waals surface area contributed by atoms with Gasteiger partial charge in [-0.2, -0.15) is 0 Å². The van der Waals surface area contributed by atoms with Gasteiger partial charge in [-0.1, -0.05) is 23.4 Å². The molecule has 21 heavy (non-hydrogen) atoms. The lowest BCUT2D eigenvalue weighted by Gasteiger charge is -2.08. The Hall–Kier alpha value is -2.25. The van der Waals surface area contributed by atoms with Crippen LogP contribution >= 0.6 is 0 Å². The number of carbonyl (C=O) groups excluding carboxylic acids is 1. The third kappa shape index (κ3) is 4.11. The first-order valence-corrected chi connectivity index (χ1v) is 6.69. The van der Waals surface area contributed by atoms with Gasteiger partial charge in [0, 0.05) is 7.11 Å². The van der Waals surface area contributed by atoms with E-state index in [0.717, 1.165) is 17.7 Å². The molecule has 2 aromatic rings. The molecule has 0 unspecified atom stereocenters. The molecule has 1 aromatic heterocycles. The van der Waals surface area contributed by atoms with Gasteiger partial charge in [0.1, 0.15) is 5.69 Å². The first-order chi connectivity index (χ1) is 10.2. The maximum Gasteiger partial charge on any atom is 0.234 e. The summed E-state index contributed by atoms with van der Waals surface area (Å²) in [5.41, 5.74) is 8.00. The van der Waals surface area contributed by atoms with Gasteiger partial charge in [0.2, 0.25) is 5.91 Å². The number of benzene rings is 1. The van der Waals surface area contributed by atoms with E-state index in [0.29, 0.717) is 18.8 Å². The van der Waals surface area contributed by atoms with Crippen LogP contribution in [0, 0.1) is 0 Å². The molecular formula is C14H19N5O2. The van der Waals surface area contributed by atoms with E-state index in [1.54, 1.807) is 18.0 Å². The van der Waals surface area contributed by atoms with Crippen LogP contribution in [0.5, 0.6) is 0 Å². The van der Waals surface area contributed by atoms with Crippen LogP contribution in [0.15, 0.2) is 30.5 Å². The van der Waals surface area contributed by atoms with Crippen molar-refractivity contribution in [2.45, 2.75) is 13.0 Å². The van der Waals surface area contributed by atoms with Gasteiger partial charge in [-0.15, -0.1) is 5.10 Å². The van der Waals surface area contributed by atoms with Crippen molar-refractivity contribution in [2.24, 2.45) is 5.73 Å². The number of para-hydroxylation sites is 1. The minimum atomic E-state index is -0.218. The van der Waals surface area contributed by atoms with Crippen molar-refractivity contribution in [3.8, 4) is 5.69 Å². The molecule has 0 saturated heterocycles. The van der Waals surface area contributed by atoms with E-state index in [-0.39, 0.29) is 12.5 Å². The van der Waals surface area contributed by atoms with Gasteiger partial charge >= 0.3 is 0 Å². The summed E-state index contributed by atoms with van der Waals surface area (Å²) < 4.78 is 6.82. The Morgan fingerprint density at radius 3 is 3.00 bits per heavy atom. The average Bonchev–Trinajstić information content (AvgIpc) is 2.99. The molecule has 1 amide bonds. The number of aromatic nitrogens is 3. The molecule has 0 aliphatic carbocycles. The molecule has 0 bridgehead atoms. The molecule has 0 aliphatic rings. The van der Waals surface area contributed by atoms with E-state index in [1.165, 1.54) is 0 Å². The molecule has 1 heterocycles. The summed E-state index contributed by atoms with van der Waals surface area (Å²) in [5.74, 6) is -0.218. The first-order valence-electron chi connectivity index (χ1n) is 6.69. The van der Waals surface area contributed by atoms with Crippen LogP contribution < -0.4 is 11.1 Å². The predicted octanol–water partition coefficient (Wildman–Crippen LogP) is 0.0311. The van der Waals surface area contributed by atoms with Crippen molar-refractivity contribution >= 4 is 5.91 Å². The second-order valence-electron chi connectivity index (χ2n) is 4.51. The fraction of sp³-hybridized carbons (Fsp3) is 0.357. The molecule has 0 fully saturated rings. The van der Waals surface area contributed by atoms with Crippen molar-refractivity contribution in [2.75, 3.05) is 20.3 Å². The molecule has 0 atom stereocenters. The zero-order valence-corrected chi connectivity index (χ0v) is 12.0. The van der Waals surface area contributed by atoms with Crippen LogP contribution in [-0.2, 0) is 22.5 Å². The SMILES string of the molecule is COCCc1ccccc1-n1cc(CNC(=O)CN)nn1. The molecule has 7 nitrogen and oxygen atoms in total. The minimum absolute atomic E-state index is 0.0337. The van der Waals surface area contributed by atoms with E-state index in [1.807, 2.05) is 24.3 Å². The summed E-state index contributed by atoms with van der Waals surface area (Å²) in [5, 5.41) is 10.8. The quantitative estimate of drug-likeness (QED) is 0.750. The maximum absolute atomic E-state index is 11.1. The number of hydrogen-bond donors (Lipinski definition) is 2. The monoisotopic (exact) mass is 289 g/mol. The van der Waals surface area contributed by atoms with Crippen LogP contribution in [-0.4, -0.2) is 41.2 Å². The zero-order valence-electron chi connectivity index (χ0n) is 12.0. The Bertz CT molecular complexity index is 597. The lowest BCUT2D eigenvalue weighted by atomic mass is 10.1. The summed E-state index contributed by atoms with van der Waals surface area (Å²) in [7, 11) is 1.68. The Morgan fingerprint density at radius 2 is 2.24 bits per heavy atom. The van der Waals surface area contributed by atoms with Gasteiger partial charge in [0.25, 0.3) is 0 Å². The molecule has 3 N–H and O–H groups in total. The number of carbonyl (C=O) groups is 1. The van der Waals surface area contributed by atoms with Gasteiger partial charge in [-0.05, 0) is 18.1 Å². The highest BCUT2D eigenvalue weighted by Gasteiger charge is 2.08. The highest BCUT2D eigenvalue weighted by atomic mass is 16.5. The van der Waals surface area contributed by atoms with Gasteiger partial charge in [-0.3, -0.25) is 4.79 Å². The van der Waals surface area contributed by atoms with Crippen molar-refractivity contribution in [1.82, 2.24) is 20.3 Å². The average molecular weight is 289 g/mol. The zero-order chi connectivity index (χ0) is 15.1. The lowest BCUT2D eigenvalue weighted by Crippen LogP contribution is -2.29. The van der Waals surface area contributed by atoms with Crippen LogP contribution in [0.1, 0.15) is 11.3 Å². The molecule has 7 heteroatoms. The van der Waals surface area contributed by atoms with E-state index < -0.39 is 0 Å². The Morgan fingerprint density at radius 1 is 1.43 bits per heavy atom. The van der Waals surface area contributed by atoms with E-state index >= 15 is 0 Å². The summed E-state index contributed by atoms with van der Waals surface area (Å²) in [6, 6.07) is 7.94. The van der Waals surface area contributed by atoms with Crippen LogP contribution in [0.3, 0.4) is 0 Å². The molecular weight excluding hydrogens is 270 g/mol. The standard InChI is InChI=1S/C14H19N5O2/c1-21-7-6-11-4-2-3-5-13(11)19-10-12(17-18-19)9-16-14(20)8-15/h2-5,10H,6-9,15H2,1H3,(H,16,20). The van der Waals surface area contributed by atoms with Crippen molar-refractivity contribution in [3.63, 3.8) is 0 Å². The number of nitrogens with zero attached hydrogens (tertiary/aromatic N) is 3. The van der Waals surface area contributed by atoms with Crippen LogP contribution in [0.25, 0.3) is 5.69 Å². The Kier molecular flexibility index (Phi) is 5.42. The molecule has 112 valence electrons. The van der Waals surface area contributed by atoms with Crippen LogP contribution in [0.4, 0.5) is 0 Å². The predicted molar refractivity (Wildman–Crippen MR) is 77.8 cm³/mol. The second kappa shape index (κ2) is 7.51. The van der Waals surface area contributed by atoms with E-state index in [2.05, 4.69) is 15.6 Å². The smallest absolute Gasteiger partial charge is 0.234 e. The highest BCUT2D eigenvalue weighted by molar-refractivity contribution is 5.77. The maximum atomic E-state index is 11.1. The minimum Gasteiger partial charge on any atom is -0.384 e. The molecule has 0 aliphatic heterocycles. The van der Waals surface area contributed by atoms with Crippen molar-refractivity contribution in [3.05, 3.63) is 41.7 Å². The molecule has 1 aromatic carbocycles. The molecule has 0 saturated carbocycles. The van der Waals surface area contributed by atoms with E-state index in [9.17, 15) is 4.79 Å². The largest absolute Gasteiger partial charge is 0.384 e. The van der Waals surface area contributed by atoms with Gasteiger partial charge in [0.05, 0.1) is 31.6 Å². The molecule has 2 rings (SSSR count). The molecule has 0 radical (unpaired) electrons.